The minimum atomic E-state index is -4.67. The Balaban J connectivity index is 0. The standard InChI is InChI=1S/C15H16N2O4S.C11H14O3.C6H10O4.C2H6N2S.H2O4S/c1-3-20-14(19)11-12(13(18)17-15(16-11)22-2)21-9-10-7-5-4-6-8-10;1-2-14-11(12)9-13-8-10-6-4-3-5-7-10;1-3-9-5(7)6(8)10-4-2;1-5-2(3)4;1-5(2,3)4/h4-8H,3,9H2,1-2H3,(H,16,17,18);3-7H,2,8-9H2,1H3;3-4H2,1-2H3;1H3,(H3,3,4);(H2,1,2,3,4). The first kappa shape index (κ1) is 53.1. The molecule has 312 valence electrons. The molecule has 1 heterocycles. The molecule has 2 aromatic carbocycles. The molecular weight excluding hydrogens is 801 g/mol. The van der Waals surface area contributed by atoms with Crippen LogP contribution in [0.4, 0.5) is 0 Å². The number of rotatable bonds is 13. The van der Waals surface area contributed by atoms with Gasteiger partial charge in [0, 0.05) is 0 Å². The molecule has 0 unspecified atom stereocenters. The third-order valence-electron chi connectivity index (χ3n) is 5.32. The number of hydrogen-bond donors (Lipinski definition) is 5. The van der Waals surface area contributed by atoms with Crippen molar-refractivity contribution in [3.05, 3.63) is 87.8 Å². The molecule has 0 aliphatic carbocycles. The van der Waals surface area contributed by atoms with Crippen LogP contribution in [-0.2, 0) is 61.7 Å². The molecule has 19 nitrogen and oxygen atoms in total. The number of esters is 4. The molecule has 0 radical (unpaired) electrons. The fraction of sp³-hybridized carbons (Fsp3) is 0.382. The van der Waals surface area contributed by atoms with Gasteiger partial charge in [-0.2, -0.15) is 8.42 Å². The lowest BCUT2D eigenvalue weighted by Crippen LogP contribution is -2.20. The van der Waals surface area contributed by atoms with Crippen molar-refractivity contribution >= 4 is 63.0 Å². The van der Waals surface area contributed by atoms with Crippen molar-refractivity contribution in [3.63, 3.8) is 0 Å². The molecule has 0 amide bonds. The summed E-state index contributed by atoms with van der Waals surface area (Å²) in [5.74, 6) is -2.97. The Labute approximate surface area is 333 Å². The van der Waals surface area contributed by atoms with E-state index in [1.54, 1.807) is 40.2 Å². The van der Waals surface area contributed by atoms with E-state index in [9.17, 15) is 24.0 Å². The van der Waals surface area contributed by atoms with Crippen molar-refractivity contribution < 1.29 is 65.1 Å². The second-order valence-corrected chi connectivity index (χ2v) is 12.0. The van der Waals surface area contributed by atoms with Crippen molar-refractivity contribution in [3.8, 4) is 5.75 Å². The highest BCUT2D eigenvalue weighted by atomic mass is 32.3. The van der Waals surface area contributed by atoms with Gasteiger partial charge in [0.25, 0.3) is 5.56 Å². The molecule has 0 saturated carbocycles. The minimum absolute atomic E-state index is 0.0166. The topological polar surface area (TPSA) is 294 Å². The highest BCUT2D eigenvalue weighted by molar-refractivity contribution is 8.13. The van der Waals surface area contributed by atoms with E-state index in [2.05, 4.69) is 19.4 Å². The zero-order chi connectivity index (χ0) is 42.9. The minimum Gasteiger partial charge on any atom is -0.481 e. The number of aromatic amines is 1. The van der Waals surface area contributed by atoms with Crippen LogP contribution < -0.4 is 16.0 Å². The molecule has 0 fully saturated rings. The summed E-state index contributed by atoms with van der Waals surface area (Å²) >= 11 is 2.47. The van der Waals surface area contributed by atoms with E-state index in [0.717, 1.165) is 11.1 Å². The second kappa shape index (κ2) is 32.3. The van der Waals surface area contributed by atoms with Crippen LogP contribution in [-0.4, -0.2) is 102 Å². The van der Waals surface area contributed by atoms with E-state index in [1.807, 2.05) is 60.7 Å². The van der Waals surface area contributed by atoms with E-state index in [0.29, 0.717) is 18.4 Å². The SMILES string of the molecule is CCOC(=O)C(=O)OCC.CCOC(=O)COCc1ccccc1.CCOC(=O)c1nc(SC)[nH]c(=O)c1OCc1ccccc1.CSC(=N)N.O=S(=O)(O)O. The molecule has 3 rings (SSSR count). The molecule has 3 aromatic rings. The quantitative estimate of drug-likeness (QED) is 0.0239. The maximum atomic E-state index is 12.1. The normalized spacial score (nSPS) is 9.71. The van der Waals surface area contributed by atoms with Gasteiger partial charge in [0.05, 0.1) is 33.0 Å². The Kier molecular flexibility index (Phi) is 30.6. The number of thioether (sulfide) groups is 2. The zero-order valence-corrected chi connectivity index (χ0v) is 34.1. The Morgan fingerprint density at radius 3 is 1.61 bits per heavy atom. The number of nitrogens with two attached hydrogens (primary N) is 1. The monoisotopic (exact) mass is 848 g/mol. The number of ether oxygens (including phenoxy) is 6. The van der Waals surface area contributed by atoms with Crippen LogP contribution >= 0.6 is 23.5 Å². The molecule has 1 aromatic heterocycles. The summed E-state index contributed by atoms with van der Waals surface area (Å²) in [6.07, 6.45) is 3.51. The molecule has 6 N–H and O–H groups in total. The Morgan fingerprint density at radius 2 is 1.21 bits per heavy atom. The van der Waals surface area contributed by atoms with E-state index < -0.39 is 33.9 Å². The number of carbonyl (C=O) groups excluding carboxylic acids is 4. The molecule has 0 bridgehead atoms. The number of aromatic nitrogens is 2. The average molecular weight is 849 g/mol. The predicted octanol–water partition coefficient (Wildman–Crippen LogP) is 3.72. The van der Waals surface area contributed by atoms with Gasteiger partial charge in [0.2, 0.25) is 5.75 Å². The third kappa shape index (κ3) is 29.4. The van der Waals surface area contributed by atoms with Gasteiger partial charge in [0.1, 0.15) is 13.2 Å². The van der Waals surface area contributed by atoms with Gasteiger partial charge in [-0.15, -0.1) is 0 Å². The summed E-state index contributed by atoms with van der Waals surface area (Å²) in [5.41, 5.74) is 6.16. The van der Waals surface area contributed by atoms with Crippen molar-refractivity contribution in [2.75, 3.05) is 45.5 Å². The molecule has 0 saturated heterocycles. The van der Waals surface area contributed by atoms with Crippen LogP contribution in [0.5, 0.6) is 5.75 Å². The Hall–Kier alpha value is -5.00. The van der Waals surface area contributed by atoms with Crippen LogP contribution in [0.15, 0.2) is 70.6 Å². The zero-order valence-electron chi connectivity index (χ0n) is 31.7. The number of amidine groups is 1. The van der Waals surface area contributed by atoms with Gasteiger partial charge >= 0.3 is 34.3 Å². The lowest BCUT2D eigenvalue weighted by Gasteiger charge is -2.10. The number of benzene rings is 2. The van der Waals surface area contributed by atoms with Crippen LogP contribution in [0.25, 0.3) is 0 Å². The summed E-state index contributed by atoms with van der Waals surface area (Å²) < 4.78 is 60.6. The maximum Gasteiger partial charge on any atom is 0.417 e. The van der Waals surface area contributed by atoms with E-state index in [4.69, 9.17) is 47.6 Å². The summed E-state index contributed by atoms with van der Waals surface area (Å²) in [5, 5.41) is 6.99. The number of nitrogens with one attached hydrogen (secondary N) is 2. The smallest absolute Gasteiger partial charge is 0.417 e. The lowest BCUT2D eigenvalue weighted by atomic mass is 10.2. The van der Waals surface area contributed by atoms with Crippen molar-refractivity contribution in [2.45, 2.75) is 46.1 Å². The number of nitrogens with zero attached hydrogens (tertiary/aromatic N) is 1. The summed E-state index contributed by atoms with van der Waals surface area (Å²) in [7, 11) is -4.67. The first-order chi connectivity index (χ1) is 26.5. The first-order valence-corrected chi connectivity index (χ1v) is 20.0. The first-order valence-electron chi connectivity index (χ1n) is 16.2. The fourth-order valence-electron chi connectivity index (χ4n) is 3.15. The van der Waals surface area contributed by atoms with Crippen LogP contribution in [0.1, 0.15) is 49.3 Å². The maximum absolute atomic E-state index is 12.1. The summed E-state index contributed by atoms with van der Waals surface area (Å²) in [6, 6.07) is 19.0. The van der Waals surface area contributed by atoms with Gasteiger partial charge in [-0.1, -0.05) is 84.2 Å². The highest BCUT2D eigenvalue weighted by Crippen LogP contribution is 2.17. The van der Waals surface area contributed by atoms with Gasteiger partial charge in [0.15, 0.2) is 16.0 Å². The van der Waals surface area contributed by atoms with E-state index in [1.165, 1.54) is 23.5 Å². The van der Waals surface area contributed by atoms with Crippen LogP contribution in [0.2, 0.25) is 0 Å². The van der Waals surface area contributed by atoms with Gasteiger partial charge < -0.3 is 34.2 Å². The molecule has 0 aliphatic heterocycles. The van der Waals surface area contributed by atoms with Gasteiger partial charge in [-0.05, 0) is 51.3 Å². The summed E-state index contributed by atoms with van der Waals surface area (Å²) in [4.78, 5) is 62.5. The Bertz CT molecular complexity index is 1740. The molecular formula is C34H48N4O15S3. The predicted molar refractivity (Wildman–Crippen MR) is 209 cm³/mol. The van der Waals surface area contributed by atoms with Crippen LogP contribution in [0.3, 0.4) is 0 Å². The summed E-state index contributed by atoms with van der Waals surface area (Å²) in [6.45, 7) is 8.30. The molecule has 0 spiro atoms. The molecule has 0 aliphatic rings. The lowest BCUT2D eigenvalue weighted by molar-refractivity contribution is -0.167. The largest absolute Gasteiger partial charge is 0.481 e. The third-order valence-corrected chi connectivity index (χ3v) is 6.34. The van der Waals surface area contributed by atoms with Crippen molar-refractivity contribution in [1.82, 2.24) is 9.97 Å². The Morgan fingerprint density at radius 1 is 0.786 bits per heavy atom. The second-order valence-electron chi connectivity index (χ2n) is 9.49. The van der Waals surface area contributed by atoms with E-state index in [-0.39, 0.29) is 55.6 Å². The number of H-pyrrole nitrogens is 1. The number of carbonyl (C=O) groups is 4. The number of hydrogen-bond acceptors (Lipinski definition) is 17. The van der Waals surface area contributed by atoms with Gasteiger partial charge in [-0.25, -0.2) is 24.2 Å². The fourth-order valence-corrected chi connectivity index (χ4v) is 3.53. The van der Waals surface area contributed by atoms with Crippen molar-refractivity contribution in [2.24, 2.45) is 5.73 Å². The molecule has 22 heteroatoms. The highest BCUT2D eigenvalue weighted by Gasteiger charge is 2.21. The molecule has 56 heavy (non-hydrogen) atoms. The van der Waals surface area contributed by atoms with Crippen LogP contribution in [0, 0.1) is 5.41 Å². The molecule has 0 atom stereocenters. The average Bonchev–Trinajstić information content (AvgIpc) is 3.15. The van der Waals surface area contributed by atoms with Crippen molar-refractivity contribution in [1.29, 1.82) is 5.41 Å². The van der Waals surface area contributed by atoms with E-state index >= 15 is 0 Å². The van der Waals surface area contributed by atoms with Gasteiger partial charge in [-0.3, -0.25) is 24.3 Å².